The Labute approximate surface area is 189 Å². The summed E-state index contributed by atoms with van der Waals surface area (Å²) >= 11 is 5.98. The summed E-state index contributed by atoms with van der Waals surface area (Å²) in [5.74, 6) is -0.126. The molecule has 0 unspecified atom stereocenters. The number of rotatable bonds is 8. The van der Waals surface area contributed by atoms with Crippen molar-refractivity contribution in [2.45, 2.75) is 40.2 Å². The van der Waals surface area contributed by atoms with Crippen LogP contribution in [0.4, 0.5) is 0 Å². The zero-order valence-corrected chi connectivity index (χ0v) is 19.0. The maximum Gasteiger partial charge on any atom is 0.255 e. The molecule has 0 bridgehead atoms. The van der Waals surface area contributed by atoms with Crippen LogP contribution in [0, 0.1) is 0 Å². The molecular formula is C26H28ClN3O. The van der Waals surface area contributed by atoms with Crippen LogP contribution in [-0.4, -0.2) is 15.7 Å². The molecule has 3 aromatic rings. The molecule has 31 heavy (non-hydrogen) atoms. The third kappa shape index (κ3) is 5.33. The van der Waals surface area contributed by atoms with Crippen LogP contribution in [0.25, 0.3) is 11.3 Å². The van der Waals surface area contributed by atoms with Crippen LogP contribution in [0.1, 0.15) is 54.5 Å². The van der Waals surface area contributed by atoms with E-state index in [0.717, 1.165) is 35.4 Å². The van der Waals surface area contributed by atoms with E-state index < -0.39 is 0 Å². The van der Waals surface area contributed by atoms with Crippen molar-refractivity contribution in [3.05, 3.63) is 100 Å². The standard InChI is InChI=1S/C26H28ClN3O/c1-4-10-20(6-3)25-24(26(31)28-18-19-14-16-21(27)17-15-19)23(11-5-2)30(29-25)22-12-8-7-9-13-22/h4,6-10,12-17H,5,11,18H2,1-3H3,(H,28,31)/b10-4-,20-6+. The molecule has 5 heteroatoms. The van der Waals surface area contributed by atoms with Gasteiger partial charge in [0.2, 0.25) is 0 Å². The number of halogens is 1. The van der Waals surface area contributed by atoms with Crippen molar-refractivity contribution in [2.24, 2.45) is 0 Å². The van der Waals surface area contributed by atoms with Crippen molar-refractivity contribution >= 4 is 23.1 Å². The normalized spacial score (nSPS) is 11.8. The fourth-order valence-corrected chi connectivity index (χ4v) is 3.63. The highest BCUT2D eigenvalue weighted by atomic mass is 35.5. The Morgan fingerprint density at radius 2 is 1.81 bits per heavy atom. The summed E-state index contributed by atoms with van der Waals surface area (Å²) in [6, 6.07) is 17.5. The molecule has 0 saturated heterocycles. The monoisotopic (exact) mass is 433 g/mol. The first-order valence-corrected chi connectivity index (χ1v) is 11.0. The molecule has 0 atom stereocenters. The highest BCUT2D eigenvalue weighted by molar-refractivity contribution is 6.30. The Morgan fingerprint density at radius 1 is 1.10 bits per heavy atom. The molecule has 0 saturated carbocycles. The third-order valence-corrected chi connectivity index (χ3v) is 5.24. The Balaban J connectivity index is 2.07. The molecule has 1 amide bonds. The fourth-order valence-electron chi connectivity index (χ4n) is 3.51. The molecular weight excluding hydrogens is 406 g/mol. The van der Waals surface area contributed by atoms with Crippen molar-refractivity contribution in [3.63, 3.8) is 0 Å². The maximum absolute atomic E-state index is 13.4. The first-order chi connectivity index (χ1) is 15.1. The van der Waals surface area contributed by atoms with Gasteiger partial charge < -0.3 is 5.32 Å². The van der Waals surface area contributed by atoms with Crippen LogP contribution >= 0.6 is 11.6 Å². The SMILES string of the molecule is C/C=C\C(=C/C)c1nn(-c2ccccc2)c(CCC)c1C(=O)NCc1ccc(Cl)cc1. The average Bonchev–Trinajstić information content (AvgIpc) is 3.17. The first kappa shape index (κ1) is 22.6. The smallest absolute Gasteiger partial charge is 0.255 e. The van der Waals surface area contributed by atoms with Gasteiger partial charge in [-0.3, -0.25) is 4.79 Å². The number of hydrogen-bond donors (Lipinski definition) is 1. The highest BCUT2D eigenvalue weighted by Gasteiger charge is 2.25. The molecule has 4 nitrogen and oxygen atoms in total. The van der Waals surface area contributed by atoms with E-state index >= 15 is 0 Å². The number of hydrogen-bond acceptors (Lipinski definition) is 2. The minimum Gasteiger partial charge on any atom is -0.348 e. The summed E-state index contributed by atoms with van der Waals surface area (Å²) in [7, 11) is 0. The zero-order valence-electron chi connectivity index (χ0n) is 18.2. The minimum atomic E-state index is -0.126. The molecule has 0 aliphatic carbocycles. The summed E-state index contributed by atoms with van der Waals surface area (Å²) < 4.78 is 1.91. The molecule has 2 aromatic carbocycles. The van der Waals surface area contributed by atoms with E-state index in [4.69, 9.17) is 16.7 Å². The van der Waals surface area contributed by atoms with Crippen LogP contribution in [0.2, 0.25) is 5.02 Å². The molecule has 0 radical (unpaired) electrons. The van der Waals surface area contributed by atoms with Crippen molar-refractivity contribution in [1.29, 1.82) is 0 Å². The van der Waals surface area contributed by atoms with E-state index in [-0.39, 0.29) is 5.91 Å². The number of amides is 1. The Hall–Kier alpha value is -3.11. The minimum absolute atomic E-state index is 0.126. The van der Waals surface area contributed by atoms with Gasteiger partial charge in [-0.15, -0.1) is 0 Å². The van der Waals surface area contributed by atoms with Gasteiger partial charge in [-0.2, -0.15) is 5.10 Å². The topological polar surface area (TPSA) is 46.9 Å². The van der Waals surface area contributed by atoms with Crippen LogP contribution in [-0.2, 0) is 13.0 Å². The molecule has 0 aliphatic heterocycles. The molecule has 0 spiro atoms. The van der Waals surface area contributed by atoms with Crippen LogP contribution < -0.4 is 5.32 Å². The Morgan fingerprint density at radius 3 is 2.42 bits per heavy atom. The van der Waals surface area contributed by atoms with E-state index in [9.17, 15) is 4.79 Å². The fraction of sp³-hybridized carbons (Fsp3) is 0.231. The van der Waals surface area contributed by atoms with Gasteiger partial charge in [0.1, 0.15) is 5.69 Å². The van der Waals surface area contributed by atoms with E-state index in [1.165, 1.54) is 0 Å². The quantitative estimate of drug-likeness (QED) is 0.418. The van der Waals surface area contributed by atoms with E-state index in [1.807, 2.05) is 91.4 Å². The van der Waals surface area contributed by atoms with Gasteiger partial charge in [0.05, 0.1) is 16.9 Å². The molecule has 0 fully saturated rings. The van der Waals surface area contributed by atoms with Crippen molar-refractivity contribution in [2.75, 3.05) is 0 Å². The molecule has 3 rings (SSSR count). The van der Waals surface area contributed by atoms with Crippen LogP contribution in [0.5, 0.6) is 0 Å². The van der Waals surface area contributed by atoms with Crippen molar-refractivity contribution < 1.29 is 4.79 Å². The molecule has 0 aliphatic rings. The number of allylic oxidation sites excluding steroid dienone is 4. The van der Waals surface area contributed by atoms with E-state index in [1.54, 1.807) is 0 Å². The lowest BCUT2D eigenvalue weighted by molar-refractivity contribution is 0.0949. The summed E-state index contributed by atoms with van der Waals surface area (Å²) in [5.41, 5.74) is 5.10. The molecule has 160 valence electrons. The molecule has 1 heterocycles. The summed E-state index contributed by atoms with van der Waals surface area (Å²) in [4.78, 5) is 13.4. The predicted molar refractivity (Wildman–Crippen MR) is 129 cm³/mol. The van der Waals surface area contributed by atoms with Gasteiger partial charge >= 0.3 is 0 Å². The van der Waals surface area contributed by atoms with Gasteiger partial charge in [0, 0.05) is 11.6 Å². The first-order valence-electron chi connectivity index (χ1n) is 10.6. The number of para-hydroxylation sites is 1. The predicted octanol–water partition coefficient (Wildman–Crippen LogP) is 6.39. The zero-order chi connectivity index (χ0) is 22.2. The summed E-state index contributed by atoms with van der Waals surface area (Å²) in [5, 5.41) is 8.65. The van der Waals surface area contributed by atoms with E-state index in [0.29, 0.717) is 22.8 Å². The number of nitrogens with one attached hydrogen (secondary N) is 1. The lowest BCUT2D eigenvalue weighted by Crippen LogP contribution is -2.24. The van der Waals surface area contributed by atoms with Gasteiger partial charge in [-0.1, -0.05) is 73.5 Å². The average molecular weight is 434 g/mol. The van der Waals surface area contributed by atoms with Gasteiger partial charge in [0.15, 0.2) is 0 Å². The van der Waals surface area contributed by atoms with Gasteiger partial charge in [-0.05, 0) is 55.7 Å². The number of aromatic nitrogens is 2. The lowest BCUT2D eigenvalue weighted by Gasteiger charge is -2.10. The number of nitrogens with zero attached hydrogens (tertiary/aromatic N) is 2. The largest absolute Gasteiger partial charge is 0.348 e. The third-order valence-electron chi connectivity index (χ3n) is 4.99. The molecule has 1 N–H and O–H groups in total. The van der Waals surface area contributed by atoms with Crippen molar-refractivity contribution in [3.8, 4) is 5.69 Å². The van der Waals surface area contributed by atoms with Gasteiger partial charge in [-0.25, -0.2) is 4.68 Å². The van der Waals surface area contributed by atoms with Crippen LogP contribution in [0.3, 0.4) is 0 Å². The summed E-state index contributed by atoms with van der Waals surface area (Å²) in [6.07, 6.45) is 7.60. The second kappa shape index (κ2) is 10.8. The summed E-state index contributed by atoms with van der Waals surface area (Å²) in [6.45, 7) is 6.46. The highest BCUT2D eigenvalue weighted by Crippen LogP contribution is 2.27. The number of carbonyl (C=O) groups excluding carboxylic acids is 1. The number of benzene rings is 2. The number of carbonyl (C=O) groups is 1. The van der Waals surface area contributed by atoms with Crippen LogP contribution in [0.15, 0.2) is 72.8 Å². The lowest BCUT2D eigenvalue weighted by atomic mass is 10.0. The Kier molecular flexibility index (Phi) is 7.85. The second-order valence-electron chi connectivity index (χ2n) is 7.22. The van der Waals surface area contributed by atoms with E-state index in [2.05, 4.69) is 12.2 Å². The second-order valence-corrected chi connectivity index (χ2v) is 7.66. The van der Waals surface area contributed by atoms with Crippen molar-refractivity contribution in [1.82, 2.24) is 15.1 Å². The molecule has 1 aromatic heterocycles. The van der Waals surface area contributed by atoms with Gasteiger partial charge in [0.25, 0.3) is 5.91 Å². The maximum atomic E-state index is 13.4. The Bertz CT molecular complexity index is 1080.